The van der Waals surface area contributed by atoms with Gasteiger partial charge in [-0.25, -0.2) is 0 Å². The number of H-pyrrole nitrogens is 1. The fourth-order valence-corrected chi connectivity index (χ4v) is 4.75. The number of carbonyl (C=O) groups excluding carboxylic acids is 1. The van der Waals surface area contributed by atoms with Gasteiger partial charge in [0.25, 0.3) is 5.91 Å². The van der Waals surface area contributed by atoms with Gasteiger partial charge in [0.2, 0.25) is 0 Å². The minimum Gasteiger partial charge on any atom is -0.390 e. The largest absolute Gasteiger partial charge is 0.390 e. The first kappa shape index (κ1) is 18.8. The van der Waals surface area contributed by atoms with E-state index in [0.717, 1.165) is 47.5 Å². The zero-order valence-electron chi connectivity index (χ0n) is 16.6. The van der Waals surface area contributed by atoms with Crippen LogP contribution in [-0.4, -0.2) is 39.6 Å². The van der Waals surface area contributed by atoms with E-state index < -0.39 is 5.60 Å². The fourth-order valence-electron chi connectivity index (χ4n) is 4.75. The van der Waals surface area contributed by atoms with E-state index in [9.17, 15) is 9.90 Å². The third kappa shape index (κ3) is 3.12. The van der Waals surface area contributed by atoms with Crippen molar-refractivity contribution >= 4 is 27.7 Å². The predicted octanol–water partition coefficient (Wildman–Crippen LogP) is 4.89. The molecule has 146 valence electrons. The topological polar surface area (TPSA) is 56.3 Å². The molecule has 1 saturated carbocycles. The molecule has 1 heterocycles. The van der Waals surface area contributed by atoms with Gasteiger partial charge in [0, 0.05) is 34.4 Å². The van der Waals surface area contributed by atoms with Gasteiger partial charge in [-0.05, 0) is 55.9 Å². The summed E-state index contributed by atoms with van der Waals surface area (Å²) in [6, 6.07) is 13.9. The zero-order valence-corrected chi connectivity index (χ0v) is 16.6. The van der Waals surface area contributed by atoms with Crippen molar-refractivity contribution in [3.05, 3.63) is 60.7 Å². The van der Waals surface area contributed by atoms with E-state index in [-0.39, 0.29) is 17.9 Å². The Morgan fingerprint density at radius 1 is 1.32 bits per heavy atom. The number of para-hydroxylation sites is 1. The SMILES string of the molecule is C=CC(C1CCC(O)(CC)C1)N(C)C(=O)c1ccc2[nH]c3ccccc3c2c1. The standard InChI is InChI=1S/C24H28N2O2/c1-4-22(17-12-13-24(28,5-2)15-17)26(3)23(27)16-10-11-21-19(14-16)18-8-6-7-9-20(18)25-21/h4,6-11,14,17,22,25,28H,1,5,12-13,15H2,2-3H3. The minimum absolute atomic E-state index is 0.0102. The molecule has 0 bridgehead atoms. The quantitative estimate of drug-likeness (QED) is 0.623. The lowest BCUT2D eigenvalue weighted by Gasteiger charge is -2.31. The lowest BCUT2D eigenvalue weighted by molar-refractivity contribution is 0.0346. The molecule has 1 amide bonds. The highest BCUT2D eigenvalue weighted by atomic mass is 16.3. The number of nitrogens with one attached hydrogen (secondary N) is 1. The molecule has 1 fully saturated rings. The highest BCUT2D eigenvalue weighted by Gasteiger charge is 2.40. The minimum atomic E-state index is -0.598. The molecule has 4 heteroatoms. The predicted molar refractivity (Wildman–Crippen MR) is 114 cm³/mol. The average Bonchev–Trinajstić information content (AvgIpc) is 3.28. The molecule has 1 aliphatic carbocycles. The second-order valence-corrected chi connectivity index (χ2v) is 8.15. The molecule has 0 saturated heterocycles. The Hall–Kier alpha value is -2.59. The maximum atomic E-state index is 13.2. The third-order valence-corrected chi connectivity index (χ3v) is 6.53. The number of amides is 1. The molecule has 2 aromatic carbocycles. The van der Waals surface area contributed by atoms with Crippen molar-refractivity contribution in [3.63, 3.8) is 0 Å². The van der Waals surface area contributed by atoms with E-state index >= 15 is 0 Å². The Labute approximate surface area is 165 Å². The van der Waals surface area contributed by atoms with Crippen LogP contribution in [0.4, 0.5) is 0 Å². The van der Waals surface area contributed by atoms with Crippen molar-refractivity contribution in [1.82, 2.24) is 9.88 Å². The summed E-state index contributed by atoms with van der Waals surface area (Å²) in [7, 11) is 1.84. The molecule has 3 unspecified atom stereocenters. The van der Waals surface area contributed by atoms with Gasteiger partial charge in [-0.15, -0.1) is 6.58 Å². The summed E-state index contributed by atoms with van der Waals surface area (Å²) in [6.07, 6.45) is 5.04. The highest BCUT2D eigenvalue weighted by molar-refractivity contribution is 6.10. The summed E-state index contributed by atoms with van der Waals surface area (Å²) in [5.74, 6) is 0.234. The van der Waals surface area contributed by atoms with Crippen LogP contribution in [0.1, 0.15) is 43.0 Å². The molecule has 1 aromatic heterocycles. The van der Waals surface area contributed by atoms with Gasteiger partial charge in [0.1, 0.15) is 0 Å². The molecule has 0 aliphatic heterocycles. The van der Waals surface area contributed by atoms with Crippen molar-refractivity contribution in [2.45, 2.75) is 44.2 Å². The molecule has 4 nitrogen and oxygen atoms in total. The number of fused-ring (bicyclic) bond motifs is 3. The number of aromatic nitrogens is 1. The van der Waals surface area contributed by atoms with Crippen LogP contribution in [0.3, 0.4) is 0 Å². The van der Waals surface area contributed by atoms with Crippen LogP contribution in [0.25, 0.3) is 21.8 Å². The molecular weight excluding hydrogens is 348 g/mol. The number of aliphatic hydroxyl groups is 1. The monoisotopic (exact) mass is 376 g/mol. The summed E-state index contributed by atoms with van der Waals surface area (Å²) in [5.41, 5.74) is 2.18. The smallest absolute Gasteiger partial charge is 0.254 e. The molecule has 4 rings (SSSR count). The Kier molecular flexibility index (Phi) is 4.76. The van der Waals surface area contributed by atoms with Gasteiger partial charge in [-0.2, -0.15) is 0 Å². The van der Waals surface area contributed by atoms with Gasteiger partial charge >= 0.3 is 0 Å². The number of hydrogen-bond donors (Lipinski definition) is 2. The van der Waals surface area contributed by atoms with E-state index in [4.69, 9.17) is 0 Å². The molecule has 0 radical (unpaired) electrons. The maximum Gasteiger partial charge on any atom is 0.254 e. The van der Waals surface area contributed by atoms with Crippen LogP contribution in [0, 0.1) is 5.92 Å². The second-order valence-electron chi connectivity index (χ2n) is 8.15. The maximum absolute atomic E-state index is 13.2. The Bertz CT molecular complexity index is 1040. The molecule has 0 spiro atoms. The van der Waals surface area contributed by atoms with Crippen LogP contribution in [0.2, 0.25) is 0 Å². The zero-order chi connectivity index (χ0) is 19.9. The first-order valence-electron chi connectivity index (χ1n) is 10.1. The van der Waals surface area contributed by atoms with Crippen molar-refractivity contribution in [2.24, 2.45) is 5.92 Å². The Balaban J connectivity index is 1.62. The number of carbonyl (C=O) groups is 1. The van der Waals surface area contributed by atoms with E-state index in [2.05, 4.69) is 17.6 Å². The van der Waals surface area contributed by atoms with Gasteiger partial charge in [0.15, 0.2) is 0 Å². The molecule has 28 heavy (non-hydrogen) atoms. The van der Waals surface area contributed by atoms with E-state index in [0.29, 0.717) is 5.56 Å². The number of aromatic amines is 1. The van der Waals surface area contributed by atoms with E-state index in [1.165, 1.54) is 0 Å². The first-order valence-corrected chi connectivity index (χ1v) is 10.1. The molecule has 1 aliphatic rings. The number of rotatable bonds is 5. The lowest BCUT2D eigenvalue weighted by Crippen LogP contribution is -2.40. The lowest BCUT2D eigenvalue weighted by atomic mass is 9.92. The Morgan fingerprint density at radius 3 is 2.79 bits per heavy atom. The summed E-state index contributed by atoms with van der Waals surface area (Å²) in [6.45, 7) is 6.00. The van der Waals surface area contributed by atoms with Crippen molar-refractivity contribution in [2.75, 3.05) is 7.05 Å². The normalized spacial score (nSPS) is 23.2. The molecule has 3 atom stereocenters. The highest BCUT2D eigenvalue weighted by Crippen LogP contribution is 2.40. The molecular formula is C24H28N2O2. The number of hydrogen-bond acceptors (Lipinski definition) is 2. The van der Waals surface area contributed by atoms with Gasteiger partial charge in [-0.1, -0.05) is 31.2 Å². The van der Waals surface area contributed by atoms with Gasteiger partial charge in [-0.3, -0.25) is 4.79 Å². The first-order chi connectivity index (χ1) is 13.5. The van der Waals surface area contributed by atoms with Crippen LogP contribution in [0.15, 0.2) is 55.1 Å². The van der Waals surface area contributed by atoms with Crippen LogP contribution < -0.4 is 0 Å². The molecule has 3 aromatic rings. The number of nitrogens with zero attached hydrogens (tertiary/aromatic N) is 1. The van der Waals surface area contributed by atoms with Crippen LogP contribution in [-0.2, 0) is 0 Å². The third-order valence-electron chi connectivity index (χ3n) is 6.53. The summed E-state index contributed by atoms with van der Waals surface area (Å²) >= 11 is 0. The van der Waals surface area contributed by atoms with Crippen LogP contribution in [0.5, 0.6) is 0 Å². The van der Waals surface area contributed by atoms with Crippen molar-refractivity contribution < 1.29 is 9.90 Å². The average molecular weight is 377 g/mol. The van der Waals surface area contributed by atoms with Crippen molar-refractivity contribution in [3.8, 4) is 0 Å². The van der Waals surface area contributed by atoms with Gasteiger partial charge in [0.05, 0.1) is 11.6 Å². The van der Waals surface area contributed by atoms with E-state index in [1.54, 1.807) is 4.90 Å². The summed E-state index contributed by atoms with van der Waals surface area (Å²) in [5, 5.41) is 12.8. The van der Waals surface area contributed by atoms with Gasteiger partial charge < -0.3 is 15.0 Å². The number of likely N-dealkylation sites (N-methyl/N-ethyl adjacent to an activating group) is 1. The van der Waals surface area contributed by atoms with Crippen LogP contribution >= 0.6 is 0 Å². The van der Waals surface area contributed by atoms with E-state index in [1.807, 2.05) is 56.4 Å². The molecule has 2 N–H and O–H groups in total. The Morgan fingerprint density at radius 2 is 2.07 bits per heavy atom. The summed E-state index contributed by atoms with van der Waals surface area (Å²) in [4.78, 5) is 18.4. The number of benzene rings is 2. The second kappa shape index (κ2) is 7.10. The summed E-state index contributed by atoms with van der Waals surface area (Å²) < 4.78 is 0. The fraction of sp³-hybridized carbons (Fsp3) is 0.375. The van der Waals surface area contributed by atoms with Crippen molar-refractivity contribution in [1.29, 1.82) is 0 Å².